The molecule has 3 nitrogen and oxygen atoms in total. The number of aryl methyl sites for hydroxylation is 1. The van der Waals surface area contributed by atoms with Gasteiger partial charge in [0.15, 0.2) is 18.2 Å². The van der Waals surface area contributed by atoms with E-state index in [9.17, 15) is 9.18 Å². The van der Waals surface area contributed by atoms with Crippen molar-refractivity contribution in [2.75, 3.05) is 6.61 Å². The summed E-state index contributed by atoms with van der Waals surface area (Å²) in [5.41, 5.74) is 1.15. The second-order valence-electron chi connectivity index (χ2n) is 4.17. The van der Waals surface area contributed by atoms with Gasteiger partial charge in [-0.15, -0.1) is 11.3 Å². The van der Waals surface area contributed by atoms with Gasteiger partial charge in [0.1, 0.15) is 0 Å². The number of hydrogen-bond acceptors (Lipinski definition) is 3. The number of benzene rings is 1. The lowest BCUT2D eigenvalue weighted by Gasteiger charge is -2.08. The van der Waals surface area contributed by atoms with Crippen LogP contribution < -0.4 is 10.1 Å². The lowest BCUT2D eigenvalue weighted by Crippen LogP contribution is -2.28. The molecule has 0 radical (unpaired) electrons. The number of carbonyl (C=O) groups excluding carboxylic acids is 1. The molecule has 1 amide bonds. The van der Waals surface area contributed by atoms with Crippen molar-refractivity contribution < 1.29 is 13.9 Å². The maximum Gasteiger partial charge on any atom is 0.258 e. The van der Waals surface area contributed by atoms with E-state index in [4.69, 9.17) is 4.74 Å². The SMILES string of the molecule is Cc1ccsc1CNC(=O)COc1ccc(Br)cc1F. The topological polar surface area (TPSA) is 38.3 Å². The van der Waals surface area contributed by atoms with Gasteiger partial charge in [0.05, 0.1) is 6.54 Å². The quantitative estimate of drug-likeness (QED) is 0.886. The highest BCUT2D eigenvalue weighted by atomic mass is 79.9. The smallest absolute Gasteiger partial charge is 0.258 e. The Bertz CT molecular complexity index is 615. The molecule has 20 heavy (non-hydrogen) atoms. The first-order valence-corrected chi connectivity index (χ1v) is 7.61. The average Bonchev–Trinajstić information content (AvgIpc) is 2.81. The maximum atomic E-state index is 13.5. The van der Waals surface area contributed by atoms with Gasteiger partial charge in [-0.2, -0.15) is 0 Å². The van der Waals surface area contributed by atoms with Crippen molar-refractivity contribution >= 4 is 33.2 Å². The fraction of sp³-hybridized carbons (Fsp3) is 0.214. The van der Waals surface area contributed by atoms with E-state index >= 15 is 0 Å². The molecule has 1 aromatic carbocycles. The third-order valence-corrected chi connectivity index (χ3v) is 4.18. The number of thiophene rings is 1. The van der Waals surface area contributed by atoms with Gasteiger partial charge in [-0.3, -0.25) is 4.79 Å². The molecule has 2 aromatic rings. The molecule has 0 aliphatic carbocycles. The molecule has 0 aliphatic heterocycles. The maximum absolute atomic E-state index is 13.5. The molecular weight excluding hydrogens is 345 g/mol. The van der Waals surface area contributed by atoms with Crippen molar-refractivity contribution in [2.45, 2.75) is 13.5 Å². The molecule has 0 unspecified atom stereocenters. The van der Waals surface area contributed by atoms with E-state index in [1.54, 1.807) is 17.4 Å². The van der Waals surface area contributed by atoms with E-state index in [0.717, 1.165) is 10.4 Å². The van der Waals surface area contributed by atoms with Crippen LogP contribution in [0.3, 0.4) is 0 Å². The lowest BCUT2D eigenvalue weighted by atomic mass is 10.3. The first-order valence-electron chi connectivity index (χ1n) is 5.94. The Balaban J connectivity index is 1.82. The molecule has 1 aromatic heterocycles. The van der Waals surface area contributed by atoms with Crippen molar-refractivity contribution in [3.05, 3.63) is 50.4 Å². The zero-order valence-electron chi connectivity index (χ0n) is 10.8. The zero-order valence-corrected chi connectivity index (χ0v) is 13.2. The van der Waals surface area contributed by atoms with E-state index < -0.39 is 5.82 Å². The number of rotatable bonds is 5. The summed E-state index contributed by atoms with van der Waals surface area (Å²) in [6, 6.07) is 6.43. The van der Waals surface area contributed by atoms with Crippen molar-refractivity contribution in [3.8, 4) is 5.75 Å². The summed E-state index contributed by atoms with van der Waals surface area (Å²) in [7, 11) is 0. The number of ether oxygens (including phenoxy) is 1. The van der Waals surface area contributed by atoms with Crippen LogP contribution >= 0.6 is 27.3 Å². The van der Waals surface area contributed by atoms with Gasteiger partial charge in [0.25, 0.3) is 5.91 Å². The molecule has 0 aliphatic rings. The summed E-state index contributed by atoms with van der Waals surface area (Å²) in [6.07, 6.45) is 0. The Morgan fingerprint density at radius 2 is 2.25 bits per heavy atom. The van der Waals surface area contributed by atoms with Crippen LogP contribution in [0.2, 0.25) is 0 Å². The van der Waals surface area contributed by atoms with Gasteiger partial charge in [-0.05, 0) is 42.1 Å². The first kappa shape index (κ1) is 15.0. The lowest BCUT2D eigenvalue weighted by molar-refractivity contribution is -0.123. The molecule has 0 bridgehead atoms. The second-order valence-corrected chi connectivity index (χ2v) is 6.08. The van der Waals surface area contributed by atoms with Gasteiger partial charge < -0.3 is 10.1 Å². The average molecular weight is 358 g/mol. The highest BCUT2D eigenvalue weighted by Gasteiger charge is 2.08. The predicted molar refractivity (Wildman–Crippen MR) is 80.5 cm³/mol. The number of carbonyl (C=O) groups is 1. The zero-order chi connectivity index (χ0) is 14.5. The Morgan fingerprint density at radius 3 is 2.90 bits per heavy atom. The number of hydrogen-bond donors (Lipinski definition) is 1. The van der Waals surface area contributed by atoms with Crippen LogP contribution in [0.4, 0.5) is 4.39 Å². The molecule has 2 rings (SSSR count). The normalized spacial score (nSPS) is 10.3. The van der Waals surface area contributed by atoms with E-state index in [0.29, 0.717) is 11.0 Å². The van der Waals surface area contributed by atoms with Crippen molar-refractivity contribution in [3.63, 3.8) is 0 Å². The summed E-state index contributed by atoms with van der Waals surface area (Å²) in [5, 5.41) is 4.72. The van der Waals surface area contributed by atoms with E-state index in [1.807, 2.05) is 18.4 Å². The molecule has 6 heteroatoms. The van der Waals surface area contributed by atoms with Crippen LogP contribution in [0.25, 0.3) is 0 Å². The molecule has 106 valence electrons. The Morgan fingerprint density at radius 1 is 1.45 bits per heavy atom. The fourth-order valence-corrected chi connectivity index (χ4v) is 2.73. The van der Waals surface area contributed by atoms with Crippen LogP contribution in [-0.2, 0) is 11.3 Å². The predicted octanol–water partition coefficient (Wildman–Crippen LogP) is 3.65. The van der Waals surface area contributed by atoms with E-state index in [-0.39, 0.29) is 18.3 Å². The number of nitrogens with one attached hydrogen (secondary N) is 1. The van der Waals surface area contributed by atoms with E-state index in [2.05, 4.69) is 21.2 Å². The van der Waals surface area contributed by atoms with Crippen molar-refractivity contribution in [1.82, 2.24) is 5.32 Å². The summed E-state index contributed by atoms with van der Waals surface area (Å²) < 4.78 is 19.3. The second kappa shape index (κ2) is 6.85. The molecule has 0 spiro atoms. The molecule has 1 heterocycles. The summed E-state index contributed by atoms with van der Waals surface area (Å²) in [6.45, 7) is 2.25. The Labute approximate surface area is 128 Å². The van der Waals surface area contributed by atoms with Crippen LogP contribution in [-0.4, -0.2) is 12.5 Å². The molecule has 0 fully saturated rings. The summed E-state index contributed by atoms with van der Waals surface area (Å²) >= 11 is 4.75. The molecular formula is C14H13BrFNO2S. The minimum Gasteiger partial charge on any atom is -0.481 e. The number of halogens is 2. The third-order valence-electron chi connectivity index (χ3n) is 2.67. The molecule has 0 saturated heterocycles. The monoisotopic (exact) mass is 357 g/mol. The largest absolute Gasteiger partial charge is 0.481 e. The highest BCUT2D eigenvalue weighted by molar-refractivity contribution is 9.10. The minimum atomic E-state index is -0.499. The first-order chi connectivity index (χ1) is 9.56. The van der Waals surface area contributed by atoms with Crippen LogP contribution in [0.5, 0.6) is 5.75 Å². The Hall–Kier alpha value is -1.40. The third kappa shape index (κ3) is 4.05. The molecule has 1 N–H and O–H groups in total. The fourth-order valence-electron chi connectivity index (χ4n) is 1.55. The van der Waals surface area contributed by atoms with Gasteiger partial charge in [0.2, 0.25) is 0 Å². The summed E-state index contributed by atoms with van der Waals surface area (Å²) in [5.74, 6) is -0.711. The van der Waals surface area contributed by atoms with Gasteiger partial charge >= 0.3 is 0 Å². The highest BCUT2D eigenvalue weighted by Crippen LogP contribution is 2.21. The Kier molecular flexibility index (Phi) is 5.14. The van der Waals surface area contributed by atoms with Crippen molar-refractivity contribution in [1.29, 1.82) is 0 Å². The molecule has 0 saturated carbocycles. The van der Waals surface area contributed by atoms with Crippen LogP contribution in [0, 0.1) is 12.7 Å². The van der Waals surface area contributed by atoms with Crippen LogP contribution in [0.15, 0.2) is 34.1 Å². The van der Waals surface area contributed by atoms with Gasteiger partial charge in [-0.25, -0.2) is 4.39 Å². The van der Waals surface area contributed by atoms with Crippen molar-refractivity contribution in [2.24, 2.45) is 0 Å². The van der Waals surface area contributed by atoms with Gasteiger partial charge in [-0.1, -0.05) is 15.9 Å². The van der Waals surface area contributed by atoms with Crippen LogP contribution in [0.1, 0.15) is 10.4 Å². The standard InChI is InChI=1S/C14H13BrFNO2S/c1-9-4-5-20-13(9)7-17-14(18)8-19-12-3-2-10(15)6-11(12)16/h2-6H,7-8H2,1H3,(H,17,18). The number of amides is 1. The van der Waals surface area contributed by atoms with E-state index in [1.165, 1.54) is 12.1 Å². The van der Waals surface area contributed by atoms with Gasteiger partial charge in [0, 0.05) is 9.35 Å². The molecule has 0 atom stereocenters. The minimum absolute atomic E-state index is 0.0654. The summed E-state index contributed by atoms with van der Waals surface area (Å²) in [4.78, 5) is 12.7.